The average Bonchev–Trinajstić information content (AvgIpc) is 3.06. The number of nitriles is 1. The van der Waals surface area contributed by atoms with Gasteiger partial charge in [-0.3, -0.25) is 14.9 Å². The Morgan fingerprint density at radius 2 is 2.00 bits per heavy atom. The summed E-state index contributed by atoms with van der Waals surface area (Å²) in [6.07, 6.45) is 2.06. The lowest BCUT2D eigenvalue weighted by Gasteiger charge is -2.06. The van der Waals surface area contributed by atoms with Crippen molar-refractivity contribution in [3.05, 3.63) is 40.4 Å². The zero-order valence-corrected chi connectivity index (χ0v) is 15.8. The monoisotopic (exact) mass is 404 g/mol. The highest BCUT2D eigenvalue weighted by molar-refractivity contribution is 7.89. The van der Waals surface area contributed by atoms with Crippen LogP contribution in [0.3, 0.4) is 0 Å². The molecule has 1 aromatic carbocycles. The van der Waals surface area contributed by atoms with Gasteiger partial charge in [-0.2, -0.15) is 5.26 Å². The number of sulfonamides is 1. The Balaban J connectivity index is 1.69. The molecule has 1 aromatic heterocycles. The molecule has 10 heteroatoms. The number of rotatable bonds is 6. The maximum absolute atomic E-state index is 12.3. The molecule has 3 rings (SSSR count). The summed E-state index contributed by atoms with van der Waals surface area (Å²) in [6, 6.07) is 7.28. The van der Waals surface area contributed by atoms with Gasteiger partial charge in [0, 0.05) is 24.9 Å². The SMILES string of the molecule is N#CCCNS(=O)(=O)c1ccc(C(=O)Nc2nc3c(s2)C(=O)CCC3)cc1. The van der Waals surface area contributed by atoms with E-state index in [-0.39, 0.29) is 29.2 Å². The van der Waals surface area contributed by atoms with E-state index in [1.807, 2.05) is 6.07 Å². The zero-order chi connectivity index (χ0) is 19.4. The van der Waals surface area contributed by atoms with E-state index in [0.717, 1.165) is 29.9 Å². The number of amides is 1. The first kappa shape index (κ1) is 19.2. The molecule has 0 atom stereocenters. The molecule has 0 fully saturated rings. The quantitative estimate of drug-likeness (QED) is 0.710. The first-order valence-electron chi connectivity index (χ1n) is 8.21. The fourth-order valence-electron chi connectivity index (χ4n) is 2.60. The molecular formula is C17H16N4O4S2. The third kappa shape index (κ3) is 4.39. The summed E-state index contributed by atoms with van der Waals surface area (Å²) in [5.41, 5.74) is 0.988. The summed E-state index contributed by atoms with van der Waals surface area (Å²) in [6.45, 7) is 0.0223. The van der Waals surface area contributed by atoms with Crippen LogP contribution in [0.5, 0.6) is 0 Å². The molecule has 0 radical (unpaired) electrons. The van der Waals surface area contributed by atoms with Crippen LogP contribution in [0, 0.1) is 11.3 Å². The maximum atomic E-state index is 12.3. The number of ketones is 1. The van der Waals surface area contributed by atoms with Crippen LogP contribution in [0.2, 0.25) is 0 Å². The van der Waals surface area contributed by atoms with Gasteiger partial charge in [0.05, 0.1) is 21.5 Å². The number of thiazole rings is 1. The second kappa shape index (κ2) is 7.96. The lowest BCUT2D eigenvalue weighted by molar-refractivity contribution is 0.0975. The summed E-state index contributed by atoms with van der Waals surface area (Å²) in [4.78, 5) is 29.1. The van der Waals surface area contributed by atoms with Crippen LogP contribution in [0.1, 0.15) is 45.0 Å². The van der Waals surface area contributed by atoms with Crippen molar-refractivity contribution in [3.63, 3.8) is 0 Å². The molecular weight excluding hydrogens is 388 g/mol. The van der Waals surface area contributed by atoms with Crippen molar-refractivity contribution in [3.8, 4) is 6.07 Å². The average molecular weight is 404 g/mol. The summed E-state index contributed by atoms with van der Waals surface area (Å²) < 4.78 is 26.4. The number of benzene rings is 1. The van der Waals surface area contributed by atoms with Gasteiger partial charge >= 0.3 is 0 Å². The van der Waals surface area contributed by atoms with E-state index in [9.17, 15) is 18.0 Å². The molecule has 1 aliphatic rings. The third-order valence-corrected chi connectivity index (χ3v) is 6.48. The molecule has 27 heavy (non-hydrogen) atoms. The van der Waals surface area contributed by atoms with Gasteiger partial charge in [0.25, 0.3) is 5.91 Å². The minimum atomic E-state index is -3.72. The van der Waals surface area contributed by atoms with E-state index in [4.69, 9.17) is 5.26 Å². The Morgan fingerprint density at radius 3 is 2.67 bits per heavy atom. The van der Waals surface area contributed by atoms with E-state index < -0.39 is 15.9 Å². The molecule has 0 bridgehead atoms. The van der Waals surface area contributed by atoms with E-state index >= 15 is 0 Å². The Morgan fingerprint density at radius 1 is 1.26 bits per heavy atom. The van der Waals surface area contributed by atoms with Crippen LogP contribution in [-0.2, 0) is 16.4 Å². The van der Waals surface area contributed by atoms with Crippen molar-refractivity contribution in [2.24, 2.45) is 0 Å². The van der Waals surface area contributed by atoms with Crippen molar-refractivity contribution in [1.29, 1.82) is 5.26 Å². The number of nitrogens with zero attached hydrogens (tertiary/aromatic N) is 2. The van der Waals surface area contributed by atoms with E-state index in [1.165, 1.54) is 24.3 Å². The smallest absolute Gasteiger partial charge is 0.257 e. The van der Waals surface area contributed by atoms with Gasteiger partial charge < -0.3 is 0 Å². The predicted octanol–water partition coefficient (Wildman–Crippen LogP) is 2.11. The highest BCUT2D eigenvalue weighted by Gasteiger charge is 2.23. The lowest BCUT2D eigenvalue weighted by atomic mass is 10.0. The van der Waals surface area contributed by atoms with Crippen LogP contribution in [0.4, 0.5) is 5.13 Å². The Labute approximate surface area is 160 Å². The number of aryl methyl sites for hydroxylation is 1. The molecule has 8 nitrogen and oxygen atoms in total. The Hall–Kier alpha value is -2.61. The van der Waals surface area contributed by atoms with Crippen molar-refractivity contribution in [2.45, 2.75) is 30.6 Å². The number of hydrogen-bond donors (Lipinski definition) is 2. The first-order chi connectivity index (χ1) is 12.9. The third-order valence-electron chi connectivity index (χ3n) is 3.94. The van der Waals surface area contributed by atoms with Gasteiger partial charge in [0.1, 0.15) is 0 Å². The maximum Gasteiger partial charge on any atom is 0.257 e. The van der Waals surface area contributed by atoms with Crippen LogP contribution in [-0.4, -0.2) is 31.6 Å². The topological polar surface area (TPSA) is 129 Å². The number of hydrogen-bond acceptors (Lipinski definition) is 7. The molecule has 0 saturated heterocycles. The molecule has 0 spiro atoms. The Kier molecular flexibility index (Phi) is 5.65. The number of Topliss-reactive ketones (excluding diaryl/α,β-unsaturated/α-hetero) is 1. The summed E-state index contributed by atoms with van der Waals surface area (Å²) in [7, 11) is -3.72. The molecule has 2 N–H and O–H groups in total. The highest BCUT2D eigenvalue weighted by atomic mass is 32.2. The van der Waals surface area contributed by atoms with E-state index in [1.54, 1.807) is 0 Å². The van der Waals surface area contributed by atoms with E-state index in [2.05, 4.69) is 15.0 Å². The van der Waals surface area contributed by atoms with Crippen LogP contribution in [0.25, 0.3) is 0 Å². The standard InChI is InChI=1S/C17H16N4O4S2/c18-9-2-10-19-27(24,25)12-7-5-11(6-8-12)16(23)21-17-20-13-3-1-4-14(22)15(13)26-17/h5-8,19H,1-4,10H2,(H,20,21,23). The second-order valence-corrected chi connectivity index (χ2v) is 8.62. The van der Waals surface area contributed by atoms with Gasteiger partial charge in [-0.15, -0.1) is 0 Å². The minimum Gasteiger partial charge on any atom is -0.298 e. The van der Waals surface area contributed by atoms with Crippen molar-refractivity contribution < 1.29 is 18.0 Å². The number of carbonyl (C=O) groups excluding carboxylic acids is 2. The fourth-order valence-corrected chi connectivity index (χ4v) is 4.61. The molecule has 1 amide bonds. The number of aromatic nitrogens is 1. The minimum absolute atomic E-state index is 0.00676. The second-order valence-electron chi connectivity index (χ2n) is 5.86. The largest absolute Gasteiger partial charge is 0.298 e. The normalized spacial score (nSPS) is 13.7. The number of anilines is 1. The van der Waals surface area contributed by atoms with Gasteiger partial charge in [-0.25, -0.2) is 18.1 Å². The summed E-state index contributed by atoms with van der Waals surface area (Å²) >= 11 is 1.16. The number of carbonyl (C=O) groups is 2. The lowest BCUT2D eigenvalue weighted by Crippen LogP contribution is -2.24. The van der Waals surface area contributed by atoms with Crippen LogP contribution >= 0.6 is 11.3 Å². The summed E-state index contributed by atoms with van der Waals surface area (Å²) in [5.74, 6) is -0.386. The van der Waals surface area contributed by atoms with Gasteiger partial charge in [-0.05, 0) is 37.1 Å². The van der Waals surface area contributed by atoms with Gasteiger partial charge in [0.15, 0.2) is 10.9 Å². The molecule has 0 aliphatic heterocycles. The zero-order valence-electron chi connectivity index (χ0n) is 14.2. The van der Waals surface area contributed by atoms with Crippen molar-refractivity contribution >= 4 is 38.2 Å². The predicted molar refractivity (Wildman–Crippen MR) is 99.2 cm³/mol. The van der Waals surface area contributed by atoms with Crippen molar-refractivity contribution in [2.75, 3.05) is 11.9 Å². The van der Waals surface area contributed by atoms with E-state index in [0.29, 0.717) is 16.4 Å². The first-order valence-corrected chi connectivity index (χ1v) is 10.5. The molecule has 1 aliphatic carbocycles. The number of nitrogens with one attached hydrogen (secondary N) is 2. The van der Waals surface area contributed by atoms with Crippen LogP contribution in [0.15, 0.2) is 29.2 Å². The van der Waals surface area contributed by atoms with Gasteiger partial charge in [0.2, 0.25) is 10.0 Å². The van der Waals surface area contributed by atoms with Crippen molar-refractivity contribution in [1.82, 2.24) is 9.71 Å². The molecule has 0 saturated carbocycles. The molecule has 0 unspecified atom stereocenters. The molecule has 1 heterocycles. The summed E-state index contributed by atoms with van der Waals surface area (Å²) in [5, 5.41) is 11.5. The highest BCUT2D eigenvalue weighted by Crippen LogP contribution is 2.29. The Bertz CT molecular complexity index is 1020. The van der Waals surface area contributed by atoms with Gasteiger partial charge in [-0.1, -0.05) is 11.3 Å². The molecule has 140 valence electrons. The molecule has 2 aromatic rings. The van der Waals surface area contributed by atoms with Crippen LogP contribution < -0.4 is 10.0 Å². The number of fused-ring (bicyclic) bond motifs is 1. The fraction of sp³-hybridized carbons (Fsp3) is 0.294.